The minimum atomic E-state index is -1.45. The fourth-order valence-electron chi connectivity index (χ4n) is 3.22. The number of benzene rings is 1. The van der Waals surface area contributed by atoms with Crippen LogP contribution in [0.25, 0.3) is 0 Å². The van der Waals surface area contributed by atoms with Gasteiger partial charge in [-0.05, 0) is 5.56 Å². The highest BCUT2D eigenvalue weighted by Crippen LogP contribution is 2.39. The van der Waals surface area contributed by atoms with Gasteiger partial charge in [0.1, 0.15) is 18.3 Å². The quantitative estimate of drug-likeness (QED) is 0.738. The Morgan fingerprint density at radius 2 is 1.61 bits per heavy atom. The Morgan fingerprint density at radius 3 is 2.14 bits per heavy atom. The van der Waals surface area contributed by atoms with Crippen LogP contribution in [-0.2, 0) is 16.2 Å². The second-order valence-electron chi connectivity index (χ2n) is 6.39. The average molecular weight is 386 g/mol. The van der Waals surface area contributed by atoms with Crippen LogP contribution in [0.1, 0.15) is 23.0 Å². The number of rotatable bonds is 4. The van der Waals surface area contributed by atoms with Gasteiger partial charge in [-0.15, -0.1) is 0 Å². The number of amides is 4. The van der Waals surface area contributed by atoms with Gasteiger partial charge in [0.25, 0.3) is 0 Å². The van der Waals surface area contributed by atoms with Crippen LogP contribution in [0.2, 0.25) is 0 Å². The lowest BCUT2D eigenvalue weighted by atomic mass is 9.81. The highest BCUT2D eigenvalue weighted by atomic mass is 16.4. The maximum atomic E-state index is 12.8. The van der Waals surface area contributed by atoms with Crippen LogP contribution in [0.15, 0.2) is 45.6 Å². The lowest BCUT2D eigenvalue weighted by Gasteiger charge is -2.36. The monoisotopic (exact) mass is 386 g/mol. The Kier molecular flexibility index (Phi) is 5.02. The van der Waals surface area contributed by atoms with Crippen LogP contribution >= 0.6 is 0 Å². The molecule has 4 amide bonds. The zero-order valence-electron chi connectivity index (χ0n) is 15.2. The summed E-state index contributed by atoms with van der Waals surface area (Å²) >= 11 is 0. The molecule has 9 heteroatoms. The van der Waals surface area contributed by atoms with Crippen LogP contribution in [0.5, 0.6) is 5.75 Å². The molecule has 1 aromatic heterocycles. The van der Waals surface area contributed by atoms with Gasteiger partial charge in [0, 0.05) is 20.2 Å². The zero-order valence-corrected chi connectivity index (χ0v) is 15.2. The zero-order chi connectivity index (χ0) is 20.6. The molecule has 1 unspecified atom stereocenters. The van der Waals surface area contributed by atoms with E-state index in [2.05, 4.69) is 0 Å². The summed E-state index contributed by atoms with van der Waals surface area (Å²) in [7, 11) is 2.48. The predicted molar refractivity (Wildman–Crippen MR) is 95.3 cm³/mol. The van der Waals surface area contributed by atoms with Crippen molar-refractivity contribution in [3.63, 3.8) is 0 Å². The van der Waals surface area contributed by atoms with Crippen molar-refractivity contribution in [2.75, 3.05) is 14.1 Å². The maximum Gasteiger partial charge on any atom is 0.332 e. The van der Waals surface area contributed by atoms with Gasteiger partial charge in [0.15, 0.2) is 5.76 Å². The van der Waals surface area contributed by atoms with E-state index in [-0.39, 0.29) is 11.5 Å². The lowest BCUT2D eigenvalue weighted by Crippen LogP contribution is -2.58. The van der Waals surface area contributed by atoms with Gasteiger partial charge < -0.3 is 14.6 Å². The molecule has 1 aliphatic heterocycles. The van der Waals surface area contributed by atoms with Crippen LogP contribution in [-0.4, -0.2) is 52.0 Å². The molecule has 0 radical (unpaired) electrons. The predicted octanol–water partition coefficient (Wildman–Crippen LogP) is 0.636. The van der Waals surface area contributed by atoms with Crippen LogP contribution in [0.3, 0.4) is 0 Å². The molecule has 1 aromatic carbocycles. The third kappa shape index (κ3) is 3.05. The minimum absolute atomic E-state index is 0.132. The summed E-state index contributed by atoms with van der Waals surface area (Å²) in [4.78, 5) is 51.5. The number of urea groups is 1. The highest BCUT2D eigenvalue weighted by Gasteiger charge is 2.49. The largest absolute Gasteiger partial charge is 0.502 e. The Hall–Kier alpha value is -3.46. The number of aliphatic hydroxyl groups excluding tert-OH is 1. The summed E-state index contributed by atoms with van der Waals surface area (Å²) in [5.74, 6) is -5.44. The van der Waals surface area contributed by atoms with Crippen molar-refractivity contribution >= 4 is 17.8 Å². The van der Waals surface area contributed by atoms with E-state index in [0.717, 1.165) is 15.9 Å². The molecule has 3 rings (SSSR count). The van der Waals surface area contributed by atoms with Crippen LogP contribution in [0, 0.1) is 5.92 Å². The Bertz CT molecular complexity index is 975. The van der Waals surface area contributed by atoms with E-state index >= 15 is 0 Å². The molecule has 2 N–H and O–H groups in total. The minimum Gasteiger partial charge on any atom is -0.502 e. The summed E-state index contributed by atoms with van der Waals surface area (Å²) in [6, 6.07) is 8.38. The number of hydrogen-bond donors (Lipinski definition) is 2. The van der Waals surface area contributed by atoms with E-state index in [1.165, 1.54) is 14.1 Å². The molecule has 1 aliphatic rings. The normalized spacial score (nSPS) is 16.6. The van der Waals surface area contributed by atoms with Crippen molar-refractivity contribution in [1.82, 2.24) is 9.80 Å². The van der Waals surface area contributed by atoms with Crippen LogP contribution in [0.4, 0.5) is 4.79 Å². The molecule has 1 saturated heterocycles. The summed E-state index contributed by atoms with van der Waals surface area (Å²) in [5.41, 5.74) is -0.404. The molecule has 9 nitrogen and oxygen atoms in total. The molecule has 1 atom stereocenters. The standard InChI is InChI=1S/C19H18N2O7/c1-20-17(25)14(18(26)21(2)19(20)27)13(10-6-4-3-5-7-10)16-15(24)12(23)8-11(9-22)28-16/h3-8,13-14,22,24H,9H2,1-2H3. The molecular formula is C19H18N2O7. The molecule has 1 fully saturated rings. The maximum absolute atomic E-state index is 12.8. The molecule has 2 heterocycles. The van der Waals surface area contributed by atoms with E-state index in [4.69, 9.17) is 4.42 Å². The third-order valence-corrected chi connectivity index (χ3v) is 4.70. The van der Waals surface area contributed by atoms with E-state index in [1.807, 2.05) is 0 Å². The van der Waals surface area contributed by atoms with Crippen molar-refractivity contribution in [2.24, 2.45) is 5.92 Å². The molecule has 0 aliphatic carbocycles. The summed E-state index contributed by atoms with van der Waals surface area (Å²) < 4.78 is 5.48. The van der Waals surface area contributed by atoms with E-state index < -0.39 is 47.5 Å². The molecule has 0 saturated carbocycles. The second kappa shape index (κ2) is 7.28. The number of imide groups is 2. The second-order valence-corrected chi connectivity index (χ2v) is 6.39. The van der Waals surface area contributed by atoms with Crippen LogP contribution < -0.4 is 5.43 Å². The van der Waals surface area contributed by atoms with Gasteiger partial charge in [-0.2, -0.15) is 0 Å². The number of aromatic hydroxyl groups is 1. The van der Waals surface area contributed by atoms with E-state index in [9.17, 15) is 29.4 Å². The third-order valence-electron chi connectivity index (χ3n) is 4.70. The molecular weight excluding hydrogens is 368 g/mol. The fraction of sp³-hybridized carbons (Fsp3) is 0.263. The van der Waals surface area contributed by atoms with Crippen molar-refractivity contribution in [1.29, 1.82) is 0 Å². The Morgan fingerprint density at radius 1 is 1.04 bits per heavy atom. The molecule has 0 spiro atoms. The first-order chi connectivity index (χ1) is 13.3. The van der Waals surface area contributed by atoms with Gasteiger partial charge in [-0.1, -0.05) is 30.3 Å². The van der Waals surface area contributed by atoms with Gasteiger partial charge in [-0.3, -0.25) is 24.2 Å². The van der Waals surface area contributed by atoms with E-state index in [0.29, 0.717) is 5.56 Å². The first kappa shape index (κ1) is 19.3. The number of hydrogen-bond acceptors (Lipinski definition) is 7. The summed E-state index contributed by atoms with van der Waals surface area (Å²) in [6.07, 6.45) is 0. The average Bonchev–Trinajstić information content (AvgIpc) is 2.71. The van der Waals surface area contributed by atoms with Crippen molar-refractivity contribution in [2.45, 2.75) is 12.5 Å². The van der Waals surface area contributed by atoms with Gasteiger partial charge >= 0.3 is 6.03 Å². The van der Waals surface area contributed by atoms with Gasteiger partial charge in [0.2, 0.25) is 23.0 Å². The summed E-state index contributed by atoms with van der Waals surface area (Å²) in [5, 5.41) is 19.7. The number of aliphatic hydroxyl groups is 1. The topological polar surface area (TPSA) is 128 Å². The van der Waals surface area contributed by atoms with E-state index in [1.54, 1.807) is 30.3 Å². The molecule has 146 valence electrons. The number of nitrogens with zero attached hydrogens (tertiary/aromatic N) is 2. The number of carbonyl (C=O) groups excluding carboxylic acids is 3. The smallest absolute Gasteiger partial charge is 0.332 e. The first-order valence-electron chi connectivity index (χ1n) is 8.38. The molecule has 2 aromatic rings. The lowest BCUT2D eigenvalue weighted by molar-refractivity contribution is -0.148. The van der Waals surface area contributed by atoms with Crippen molar-refractivity contribution in [3.8, 4) is 5.75 Å². The number of carbonyl (C=O) groups is 3. The Balaban J connectivity index is 2.27. The van der Waals surface area contributed by atoms with Crippen molar-refractivity contribution < 1.29 is 29.0 Å². The SMILES string of the molecule is CN1C(=O)C(C(c2ccccc2)c2oc(CO)cc(=O)c2O)C(=O)N(C)C1=O. The first-order valence-corrected chi connectivity index (χ1v) is 8.38. The molecule has 0 bridgehead atoms. The number of barbiturate groups is 1. The fourth-order valence-corrected chi connectivity index (χ4v) is 3.22. The van der Waals surface area contributed by atoms with Gasteiger partial charge in [-0.25, -0.2) is 4.79 Å². The summed E-state index contributed by atoms with van der Waals surface area (Å²) in [6.45, 7) is -0.616. The van der Waals surface area contributed by atoms with Gasteiger partial charge in [0.05, 0.1) is 5.92 Å². The Labute approximate surface area is 159 Å². The molecule has 28 heavy (non-hydrogen) atoms. The van der Waals surface area contributed by atoms with Crippen molar-refractivity contribution in [3.05, 3.63) is 63.7 Å². The highest BCUT2D eigenvalue weighted by molar-refractivity contribution is 6.16.